The number of hydrogen-bond acceptors (Lipinski definition) is 5. The molecule has 7 heteroatoms. The number of nitrogens with two attached hydrogens (primary N) is 1. The number of Topliss-reactive ketones (excluding diaryl/α,β-unsaturated/α-hetero) is 2. The van der Waals surface area contributed by atoms with Crippen molar-refractivity contribution < 1.29 is 23.9 Å². The van der Waals surface area contributed by atoms with E-state index in [-0.39, 0.29) is 29.5 Å². The molecule has 2 aromatic rings. The number of ketones is 2. The van der Waals surface area contributed by atoms with Crippen LogP contribution in [-0.2, 0) is 0 Å². The molecular formula is C18H20N2O5. The fourth-order valence-corrected chi connectivity index (χ4v) is 2.73. The minimum absolute atomic E-state index is 0.116. The SMILES string of the molecule is COc1ccc(C(N)=O)c(OCC(=O)c2[nH]c(C)c(C(C)=O)c2C)c1. The van der Waals surface area contributed by atoms with Crippen LogP contribution in [0.2, 0.25) is 0 Å². The number of amides is 1. The van der Waals surface area contributed by atoms with E-state index in [2.05, 4.69) is 4.98 Å². The molecule has 0 radical (unpaired) electrons. The van der Waals surface area contributed by atoms with Crippen molar-refractivity contribution in [1.29, 1.82) is 0 Å². The average Bonchev–Trinajstić information content (AvgIpc) is 2.86. The number of methoxy groups -OCH3 is 1. The maximum Gasteiger partial charge on any atom is 0.252 e. The summed E-state index contributed by atoms with van der Waals surface area (Å²) in [6, 6.07) is 4.53. The van der Waals surface area contributed by atoms with Gasteiger partial charge in [0, 0.05) is 17.3 Å². The van der Waals surface area contributed by atoms with Crippen molar-refractivity contribution in [2.75, 3.05) is 13.7 Å². The summed E-state index contributed by atoms with van der Waals surface area (Å²) in [5.41, 5.74) is 7.49. The third-order valence-electron chi connectivity index (χ3n) is 3.88. The molecule has 0 aliphatic carbocycles. The second-order valence-electron chi connectivity index (χ2n) is 5.62. The predicted molar refractivity (Wildman–Crippen MR) is 91.6 cm³/mol. The van der Waals surface area contributed by atoms with E-state index in [9.17, 15) is 14.4 Å². The number of ether oxygens (including phenoxy) is 2. The molecule has 25 heavy (non-hydrogen) atoms. The molecule has 0 saturated heterocycles. The first-order valence-electron chi connectivity index (χ1n) is 7.60. The van der Waals surface area contributed by atoms with Gasteiger partial charge in [-0.3, -0.25) is 14.4 Å². The van der Waals surface area contributed by atoms with Gasteiger partial charge in [0.05, 0.1) is 18.4 Å². The summed E-state index contributed by atoms with van der Waals surface area (Å²) in [5.74, 6) is -0.497. The van der Waals surface area contributed by atoms with Gasteiger partial charge in [-0.15, -0.1) is 0 Å². The molecular weight excluding hydrogens is 324 g/mol. The third-order valence-corrected chi connectivity index (χ3v) is 3.88. The molecule has 0 saturated carbocycles. The molecule has 0 spiro atoms. The lowest BCUT2D eigenvalue weighted by Crippen LogP contribution is -2.17. The highest BCUT2D eigenvalue weighted by atomic mass is 16.5. The van der Waals surface area contributed by atoms with Gasteiger partial charge in [0.15, 0.2) is 12.4 Å². The number of aromatic nitrogens is 1. The number of benzene rings is 1. The van der Waals surface area contributed by atoms with E-state index in [1.807, 2.05) is 0 Å². The van der Waals surface area contributed by atoms with Crippen LogP contribution < -0.4 is 15.2 Å². The van der Waals surface area contributed by atoms with E-state index in [1.54, 1.807) is 19.9 Å². The van der Waals surface area contributed by atoms with Crippen LogP contribution in [0.25, 0.3) is 0 Å². The number of aromatic amines is 1. The van der Waals surface area contributed by atoms with Crippen molar-refractivity contribution in [2.45, 2.75) is 20.8 Å². The molecule has 132 valence electrons. The first kappa shape index (κ1) is 18.3. The lowest BCUT2D eigenvalue weighted by Gasteiger charge is -2.10. The number of carbonyl (C=O) groups is 3. The highest BCUT2D eigenvalue weighted by Gasteiger charge is 2.21. The zero-order valence-corrected chi connectivity index (χ0v) is 14.6. The van der Waals surface area contributed by atoms with E-state index in [1.165, 1.54) is 26.2 Å². The molecule has 0 unspecified atom stereocenters. The molecule has 0 aliphatic heterocycles. The quantitative estimate of drug-likeness (QED) is 0.748. The lowest BCUT2D eigenvalue weighted by molar-refractivity contribution is 0.0907. The summed E-state index contributed by atoms with van der Waals surface area (Å²) in [5, 5.41) is 0. The van der Waals surface area contributed by atoms with Gasteiger partial charge >= 0.3 is 0 Å². The molecule has 0 fully saturated rings. The molecule has 3 N–H and O–H groups in total. The molecule has 0 atom stereocenters. The van der Waals surface area contributed by atoms with Crippen LogP contribution >= 0.6 is 0 Å². The Morgan fingerprint density at radius 1 is 1.20 bits per heavy atom. The van der Waals surface area contributed by atoms with Gasteiger partial charge in [-0.1, -0.05) is 0 Å². The van der Waals surface area contributed by atoms with E-state index in [0.717, 1.165) is 0 Å². The molecule has 7 nitrogen and oxygen atoms in total. The second kappa shape index (κ2) is 7.21. The van der Waals surface area contributed by atoms with E-state index < -0.39 is 5.91 Å². The fraction of sp³-hybridized carbons (Fsp3) is 0.278. The largest absolute Gasteiger partial charge is 0.497 e. The third kappa shape index (κ3) is 3.71. The van der Waals surface area contributed by atoms with Crippen molar-refractivity contribution in [3.05, 3.63) is 46.3 Å². The molecule has 2 rings (SSSR count). The Morgan fingerprint density at radius 2 is 1.88 bits per heavy atom. The standard InChI is InChI=1S/C18H20N2O5/c1-9-16(11(3)21)10(2)20-17(9)14(22)8-25-15-7-12(24-4)5-6-13(15)18(19)23/h5-7,20H,8H2,1-4H3,(H2,19,23). The number of H-pyrrole nitrogens is 1. The normalized spacial score (nSPS) is 10.4. The van der Waals surface area contributed by atoms with Crippen LogP contribution in [0.1, 0.15) is 49.4 Å². The molecule has 1 amide bonds. The van der Waals surface area contributed by atoms with Crippen LogP contribution in [0.5, 0.6) is 11.5 Å². The van der Waals surface area contributed by atoms with E-state index in [4.69, 9.17) is 15.2 Å². The number of primary amides is 1. The zero-order valence-electron chi connectivity index (χ0n) is 14.6. The smallest absolute Gasteiger partial charge is 0.252 e. The maximum atomic E-state index is 12.4. The summed E-state index contributed by atoms with van der Waals surface area (Å²) in [7, 11) is 1.47. The van der Waals surface area contributed by atoms with Crippen molar-refractivity contribution in [2.24, 2.45) is 5.73 Å². The molecule has 1 aromatic heterocycles. The van der Waals surface area contributed by atoms with Crippen molar-refractivity contribution in [3.63, 3.8) is 0 Å². The van der Waals surface area contributed by atoms with Crippen LogP contribution in [0.3, 0.4) is 0 Å². The van der Waals surface area contributed by atoms with Gasteiger partial charge in [0.25, 0.3) is 5.91 Å². The summed E-state index contributed by atoms with van der Waals surface area (Å²) in [4.78, 5) is 38.5. The Morgan fingerprint density at radius 3 is 2.40 bits per heavy atom. The minimum Gasteiger partial charge on any atom is -0.497 e. The van der Waals surface area contributed by atoms with Gasteiger partial charge in [-0.2, -0.15) is 0 Å². The maximum absolute atomic E-state index is 12.4. The highest BCUT2D eigenvalue weighted by Crippen LogP contribution is 2.25. The monoisotopic (exact) mass is 344 g/mol. The summed E-state index contributed by atoms with van der Waals surface area (Å²) in [6.07, 6.45) is 0. The molecule has 1 aromatic carbocycles. The van der Waals surface area contributed by atoms with Gasteiger partial charge in [0.1, 0.15) is 11.5 Å². The van der Waals surface area contributed by atoms with Crippen molar-refractivity contribution >= 4 is 17.5 Å². The predicted octanol–water partition coefficient (Wildman–Crippen LogP) is 2.20. The Hall–Kier alpha value is -3.09. The number of rotatable bonds is 7. The Bertz CT molecular complexity index is 851. The summed E-state index contributed by atoms with van der Waals surface area (Å²) < 4.78 is 10.6. The van der Waals surface area contributed by atoms with Crippen LogP contribution in [0.4, 0.5) is 0 Å². The minimum atomic E-state index is -0.670. The topological polar surface area (TPSA) is 111 Å². The number of hydrogen-bond donors (Lipinski definition) is 2. The van der Waals surface area contributed by atoms with Crippen LogP contribution in [0.15, 0.2) is 18.2 Å². The number of nitrogens with one attached hydrogen (secondary N) is 1. The number of aryl methyl sites for hydroxylation is 1. The van der Waals surface area contributed by atoms with Crippen LogP contribution in [-0.4, -0.2) is 36.2 Å². The van der Waals surface area contributed by atoms with Crippen LogP contribution in [0, 0.1) is 13.8 Å². The van der Waals surface area contributed by atoms with Gasteiger partial charge in [-0.25, -0.2) is 0 Å². The number of carbonyl (C=O) groups excluding carboxylic acids is 3. The molecule has 1 heterocycles. The Balaban J connectivity index is 2.25. The van der Waals surface area contributed by atoms with Crippen molar-refractivity contribution in [1.82, 2.24) is 4.98 Å². The van der Waals surface area contributed by atoms with E-state index in [0.29, 0.717) is 28.3 Å². The highest BCUT2D eigenvalue weighted by molar-refractivity contribution is 6.04. The Kier molecular flexibility index (Phi) is 5.26. The van der Waals surface area contributed by atoms with Gasteiger partial charge in [-0.05, 0) is 38.5 Å². The first-order valence-corrected chi connectivity index (χ1v) is 7.60. The zero-order chi connectivity index (χ0) is 18.7. The lowest BCUT2D eigenvalue weighted by atomic mass is 10.1. The Labute approximate surface area is 145 Å². The summed E-state index contributed by atoms with van der Waals surface area (Å²) in [6.45, 7) is 4.57. The van der Waals surface area contributed by atoms with E-state index >= 15 is 0 Å². The van der Waals surface area contributed by atoms with Gasteiger partial charge < -0.3 is 20.2 Å². The van der Waals surface area contributed by atoms with Crippen molar-refractivity contribution in [3.8, 4) is 11.5 Å². The molecule has 0 bridgehead atoms. The average molecular weight is 344 g/mol. The first-order chi connectivity index (χ1) is 11.8. The van der Waals surface area contributed by atoms with Gasteiger partial charge in [0.2, 0.25) is 5.78 Å². The fourth-order valence-electron chi connectivity index (χ4n) is 2.73. The molecule has 0 aliphatic rings. The summed E-state index contributed by atoms with van der Waals surface area (Å²) >= 11 is 0. The second-order valence-corrected chi connectivity index (χ2v) is 5.62.